The zero-order valence-corrected chi connectivity index (χ0v) is 11.9. The van der Waals surface area contributed by atoms with Crippen molar-refractivity contribution >= 4 is 23.2 Å². The first-order valence-corrected chi connectivity index (χ1v) is 6.94. The van der Waals surface area contributed by atoms with Crippen molar-refractivity contribution in [1.82, 2.24) is 0 Å². The lowest BCUT2D eigenvalue weighted by Gasteiger charge is -2.15. The van der Waals surface area contributed by atoms with Gasteiger partial charge in [0.2, 0.25) is 0 Å². The first kappa shape index (κ1) is 13.5. The van der Waals surface area contributed by atoms with Crippen molar-refractivity contribution in [1.29, 1.82) is 0 Å². The Labute approximate surface area is 119 Å². The average Bonchev–Trinajstić information content (AvgIpc) is 2.39. The van der Waals surface area contributed by atoms with E-state index in [1.807, 2.05) is 24.3 Å². The molecule has 2 rings (SSSR count). The Morgan fingerprint density at radius 1 is 0.833 bits per heavy atom. The van der Waals surface area contributed by atoms with Crippen molar-refractivity contribution in [3.8, 4) is 0 Å². The normalized spacial score (nSPS) is 12.4. The van der Waals surface area contributed by atoms with Crippen LogP contribution >= 0.6 is 23.2 Å². The quantitative estimate of drug-likeness (QED) is 0.670. The first-order chi connectivity index (χ1) is 8.69. The molecule has 1 unspecified atom stereocenters. The van der Waals surface area contributed by atoms with Gasteiger partial charge in [0.05, 0.1) is 0 Å². The smallest absolute Gasteiger partial charge is 0.0406 e. The van der Waals surface area contributed by atoms with Crippen molar-refractivity contribution in [2.24, 2.45) is 0 Å². The van der Waals surface area contributed by atoms with Gasteiger partial charge in [-0.1, -0.05) is 54.4 Å². The van der Waals surface area contributed by atoms with Crippen molar-refractivity contribution in [3.05, 3.63) is 69.7 Å². The van der Waals surface area contributed by atoms with Gasteiger partial charge < -0.3 is 0 Å². The summed E-state index contributed by atoms with van der Waals surface area (Å²) >= 11 is 11.8. The van der Waals surface area contributed by atoms with Crippen LogP contribution in [0.25, 0.3) is 0 Å². The van der Waals surface area contributed by atoms with Crippen molar-refractivity contribution in [2.45, 2.75) is 25.7 Å². The van der Waals surface area contributed by atoms with E-state index in [-0.39, 0.29) is 0 Å². The van der Waals surface area contributed by atoms with E-state index in [4.69, 9.17) is 23.2 Å². The van der Waals surface area contributed by atoms with Gasteiger partial charge in [0.25, 0.3) is 0 Å². The number of rotatable bonds is 4. The fourth-order valence-corrected chi connectivity index (χ4v) is 2.39. The minimum atomic E-state index is 0.531. The maximum atomic E-state index is 5.92. The highest BCUT2D eigenvalue weighted by Crippen LogP contribution is 2.26. The molecule has 2 aromatic carbocycles. The van der Waals surface area contributed by atoms with Gasteiger partial charge in [-0.2, -0.15) is 0 Å². The van der Waals surface area contributed by atoms with Crippen LogP contribution in [0, 0.1) is 0 Å². The summed E-state index contributed by atoms with van der Waals surface area (Å²) in [4.78, 5) is 0. The molecule has 0 aliphatic rings. The number of benzene rings is 2. The predicted molar refractivity (Wildman–Crippen MR) is 79.6 cm³/mol. The van der Waals surface area contributed by atoms with Gasteiger partial charge in [-0.25, -0.2) is 0 Å². The average molecular weight is 279 g/mol. The van der Waals surface area contributed by atoms with Gasteiger partial charge in [0, 0.05) is 10.0 Å². The Morgan fingerprint density at radius 3 is 1.83 bits per heavy atom. The number of halogens is 2. The molecular weight excluding hydrogens is 263 g/mol. The molecule has 18 heavy (non-hydrogen) atoms. The van der Waals surface area contributed by atoms with E-state index in [2.05, 4.69) is 31.2 Å². The molecule has 0 heterocycles. The molecule has 0 aliphatic heterocycles. The standard InChI is InChI=1S/C16H16Cl2/c1-2-13(14-5-9-16(18)10-6-14)11-12-3-7-15(17)8-4-12/h3-10,13H,2,11H2,1H3. The summed E-state index contributed by atoms with van der Waals surface area (Å²) in [5, 5.41) is 1.58. The highest BCUT2D eigenvalue weighted by molar-refractivity contribution is 6.30. The molecule has 94 valence electrons. The van der Waals surface area contributed by atoms with Gasteiger partial charge >= 0.3 is 0 Å². The third kappa shape index (κ3) is 3.51. The third-order valence-corrected chi connectivity index (χ3v) is 3.73. The van der Waals surface area contributed by atoms with Crippen molar-refractivity contribution < 1.29 is 0 Å². The monoisotopic (exact) mass is 278 g/mol. The third-order valence-electron chi connectivity index (χ3n) is 3.23. The molecule has 1 atom stereocenters. The van der Waals surface area contributed by atoms with Crippen LogP contribution in [0.4, 0.5) is 0 Å². The molecule has 2 heteroatoms. The summed E-state index contributed by atoms with van der Waals surface area (Å²) in [5.74, 6) is 0.531. The van der Waals surface area contributed by atoms with Crippen LogP contribution in [0.3, 0.4) is 0 Å². The fourth-order valence-electron chi connectivity index (χ4n) is 2.14. The van der Waals surface area contributed by atoms with Gasteiger partial charge in [0.15, 0.2) is 0 Å². The van der Waals surface area contributed by atoms with Gasteiger partial charge in [-0.15, -0.1) is 0 Å². The molecule has 0 amide bonds. The fraction of sp³-hybridized carbons (Fsp3) is 0.250. The lowest BCUT2D eigenvalue weighted by Crippen LogP contribution is -2.01. The van der Waals surface area contributed by atoms with E-state index in [1.165, 1.54) is 11.1 Å². The topological polar surface area (TPSA) is 0 Å². The maximum Gasteiger partial charge on any atom is 0.0406 e. The van der Waals surface area contributed by atoms with Crippen molar-refractivity contribution in [3.63, 3.8) is 0 Å². The molecule has 0 saturated heterocycles. The predicted octanol–water partition coefficient (Wildman–Crippen LogP) is 5.73. The van der Waals surface area contributed by atoms with E-state index < -0.39 is 0 Å². The van der Waals surface area contributed by atoms with Crippen LogP contribution < -0.4 is 0 Å². The van der Waals surface area contributed by atoms with E-state index >= 15 is 0 Å². The van der Waals surface area contributed by atoms with Gasteiger partial charge in [-0.05, 0) is 54.2 Å². The first-order valence-electron chi connectivity index (χ1n) is 6.19. The highest BCUT2D eigenvalue weighted by atomic mass is 35.5. The van der Waals surface area contributed by atoms with Crippen LogP contribution in [0.5, 0.6) is 0 Å². The molecule has 0 aliphatic carbocycles. The van der Waals surface area contributed by atoms with E-state index in [0.29, 0.717) is 5.92 Å². The van der Waals surface area contributed by atoms with E-state index in [0.717, 1.165) is 22.9 Å². The summed E-state index contributed by atoms with van der Waals surface area (Å²) in [6, 6.07) is 16.3. The van der Waals surface area contributed by atoms with Crippen LogP contribution in [-0.4, -0.2) is 0 Å². The highest BCUT2D eigenvalue weighted by Gasteiger charge is 2.10. The summed E-state index contributed by atoms with van der Waals surface area (Å²) in [5.41, 5.74) is 2.66. The van der Waals surface area contributed by atoms with Crippen LogP contribution in [-0.2, 0) is 6.42 Å². The Kier molecular flexibility index (Phi) is 4.68. The Hall–Kier alpha value is -0.980. The molecule has 0 bridgehead atoms. The SMILES string of the molecule is CCC(Cc1ccc(Cl)cc1)c1ccc(Cl)cc1. The molecule has 0 saturated carbocycles. The summed E-state index contributed by atoms with van der Waals surface area (Å²) in [6.45, 7) is 2.22. The molecule has 0 aromatic heterocycles. The summed E-state index contributed by atoms with van der Waals surface area (Å²) in [6.07, 6.45) is 2.15. The summed E-state index contributed by atoms with van der Waals surface area (Å²) in [7, 11) is 0. The Bertz CT molecular complexity index is 486. The lowest BCUT2D eigenvalue weighted by molar-refractivity contribution is 0.660. The maximum absolute atomic E-state index is 5.92. The minimum absolute atomic E-state index is 0.531. The number of hydrogen-bond acceptors (Lipinski definition) is 0. The van der Waals surface area contributed by atoms with Crippen LogP contribution in [0.2, 0.25) is 10.0 Å². The second kappa shape index (κ2) is 6.26. The van der Waals surface area contributed by atoms with Crippen molar-refractivity contribution in [2.75, 3.05) is 0 Å². The Balaban J connectivity index is 2.14. The molecule has 0 spiro atoms. The second-order valence-corrected chi connectivity index (χ2v) is 5.36. The molecular formula is C16H16Cl2. The molecule has 0 nitrogen and oxygen atoms in total. The lowest BCUT2D eigenvalue weighted by atomic mass is 9.90. The van der Waals surface area contributed by atoms with Gasteiger partial charge in [0.1, 0.15) is 0 Å². The minimum Gasteiger partial charge on any atom is -0.0843 e. The van der Waals surface area contributed by atoms with E-state index in [9.17, 15) is 0 Å². The summed E-state index contributed by atoms with van der Waals surface area (Å²) < 4.78 is 0. The van der Waals surface area contributed by atoms with Gasteiger partial charge in [-0.3, -0.25) is 0 Å². The second-order valence-electron chi connectivity index (χ2n) is 4.49. The van der Waals surface area contributed by atoms with E-state index in [1.54, 1.807) is 0 Å². The Morgan fingerprint density at radius 2 is 1.33 bits per heavy atom. The van der Waals surface area contributed by atoms with Crippen LogP contribution in [0.1, 0.15) is 30.4 Å². The zero-order valence-electron chi connectivity index (χ0n) is 10.4. The molecule has 0 fully saturated rings. The number of hydrogen-bond donors (Lipinski definition) is 0. The molecule has 0 radical (unpaired) electrons. The zero-order chi connectivity index (χ0) is 13.0. The van der Waals surface area contributed by atoms with Crippen LogP contribution in [0.15, 0.2) is 48.5 Å². The molecule has 2 aromatic rings. The molecule has 0 N–H and O–H groups in total. The largest absolute Gasteiger partial charge is 0.0843 e.